The number of aromatic nitrogens is 2. The van der Waals surface area contributed by atoms with Crippen LogP contribution in [-0.2, 0) is 0 Å². The Morgan fingerprint density at radius 3 is 2.58 bits per heavy atom. The van der Waals surface area contributed by atoms with Crippen molar-refractivity contribution in [3.05, 3.63) is 42.2 Å². The summed E-state index contributed by atoms with van der Waals surface area (Å²) in [7, 11) is 1.63. The van der Waals surface area contributed by atoms with E-state index in [2.05, 4.69) is 15.3 Å². The zero-order valence-corrected chi connectivity index (χ0v) is 15.0. The maximum Gasteiger partial charge on any atom is 0.272 e. The molecule has 0 saturated carbocycles. The van der Waals surface area contributed by atoms with E-state index in [-0.39, 0.29) is 5.91 Å². The highest BCUT2D eigenvalue weighted by molar-refractivity contribution is 5.92. The lowest BCUT2D eigenvalue weighted by molar-refractivity contribution is 0.0718. The normalized spacial score (nSPS) is 14.0. The molecular formula is C19H24N4O3. The molecule has 26 heavy (non-hydrogen) atoms. The van der Waals surface area contributed by atoms with Gasteiger partial charge in [0, 0.05) is 19.3 Å². The molecule has 0 aliphatic carbocycles. The van der Waals surface area contributed by atoms with Gasteiger partial charge in [-0.05, 0) is 49.6 Å². The van der Waals surface area contributed by atoms with E-state index in [1.165, 1.54) is 6.42 Å². The Balaban J connectivity index is 1.48. The van der Waals surface area contributed by atoms with Crippen molar-refractivity contribution in [2.45, 2.75) is 19.3 Å². The Morgan fingerprint density at radius 2 is 1.85 bits per heavy atom. The molecule has 1 amide bonds. The second-order valence-corrected chi connectivity index (χ2v) is 6.07. The number of ether oxygens (including phenoxy) is 2. The molecule has 0 radical (unpaired) electrons. The maximum atomic E-state index is 12.5. The number of likely N-dealkylation sites (tertiary alicyclic amines) is 1. The molecule has 1 fully saturated rings. The van der Waals surface area contributed by atoms with Gasteiger partial charge in [-0.2, -0.15) is 0 Å². The predicted molar refractivity (Wildman–Crippen MR) is 98.8 cm³/mol. The highest BCUT2D eigenvalue weighted by Gasteiger charge is 2.19. The van der Waals surface area contributed by atoms with Crippen LogP contribution in [0.1, 0.15) is 29.8 Å². The third-order valence-electron chi connectivity index (χ3n) is 4.23. The van der Waals surface area contributed by atoms with Crippen molar-refractivity contribution < 1.29 is 14.3 Å². The van der Waals surface area contributed by atoms with Crippen molar-refractivity contribution in [2.75, 3.05) is 38.7 Å². The van der Waals surface area contributed by atoms with Crippen LogP contribution in [0.4, 0.5) is 5.95 Å². The number of piperidine rings is 1. The standard InChI is InChI=1S/C19H24N4O3/c1-25-15-5-7-16(8-6-15)26-14-11-21-19-20-10-9-17(22-19)18(24)23-12-3-2-4-13-23/h5-10H,2-4,11-14H2,1H3,(H,20,21,22). The number of benzene rings is 1. The third kappa shape index (κ3) is 4.84. The summed E-state index contributed by atoms with van der Waals surface area (Å²) in [6, 6.07) is 9.07. The largest absolute Gasteiger partial charge is 0.497 e. The molecule has 1 N–H and O–H groups in total. The lowest BCUT2D eigenvalue weighted by atomic mass is 10.1. The third-order valence-corrected chi connectivity index (χ3v) is 4.23. The van der Waals surface area contributed by atoms with Crippen LogP contribution >= 0.6 is 0 Å². The minimum absolute atomic E-state index is 0.0235. The molecular weight excluding hydrogens is 332 g/mol. The van der Waals surface area contributed by atoms with Crippen LogP contribution in [0.2, 0.25) is 0 Å². The van der Waals surface area contributed by atoms with Gasteiger partial charge in [-0.1, -0.05) is 0 Å². The summed E-state index contributed by atoms with van der Waals surface area (Å²) < 4.78 is 10.8. The first-order chi connectivity index (χ1) is 12.8. The maximum absolute atomic E-state index is 12.5. The molecule has 2 aromatic rings. The van der Waals surface area contributed by atoms with E-state index in [1.807, 2.05) is 29.2 Å². The summed E-state index contributed by atoms with van der Waals surface area (Å²) in [5.74, 6) is 1.97. The molecule has 0 spiro atoms. The fourth-order valence-corrected chi connectivity index (χ4v) is 2.83. The van der Waals surface area contributed by atoms with Crippen molar-refractivity contribution in [2.24, 2.45) is 0 Å². The summed E-state index contributed by atoms with van der Waals surface area (Å²) in [5.41, 5.74) is 0.431. The quantitative estimate of drug-likeness (QED) is 0.769. The molecule has 1 aromatic carbocycles. The smallest absolute Gasteiger partial charge is 0.272 e. The molecule has 2 heterocycles. The molecule has 0 atom stereocenters. The summed E-state index contributed by atoms with van der Waals surface area (Å²) in [6.45, 7) is 2.61. The molecule has 1 aromatic heterocycles. The number of methoxy groups -OCH3 is 1. The number of hydrogen-bond acceptors (Lipinski definition) is 6. The Labute approximate surface area is 153 Å². The van der Waals surface area contributed by atoms with Gasteiger partial charge in [-0.15, -0.1) is 0 Å². The van der Waals surface area contributed by atoms with E-state index in [0.717, 1.165) is 37.4 Å². The van der Waals surface area contributed by atoms with Gasteiger partial charge in [0.2, 0.25) is 5.95 Å². The fourth-order valence-electron chi connectivity index (χ4n) is 2.83. The van der Waals surface area contributed by atoms with Crippen molar-refractivity contribution in [3.8, 4) is 11.5 Å². The van der Waals surface area contributed by atoms with E-state index in [4.69, 9.17) is 9.47 Å². The fraction of sp³-hybridized carbons (Fsp3) is 0.421. The van der Waals surface area contributed by atoms with Crippen molar-refractivity contribution in [1.82, 2.24) is 14.9 Å². The van der Waals surface area contributed by atoms with Gasteiger partial charge in [-0.25, -0.2) is 9.97 Å². The van der Waals surface area contributed by atoms with E-state index < -0.39 is 0 Å². The number of carbonyl (C=O) groups is 1. The van der Waals surface area contributed by atoms with E-state index in [1.54, 1.807) is 19.4 Å². The number of amides is 1. The molecule has 7 heteroatoms. The van der Waals surface area contributed by atoms with Gasteiger partial charge in [0.25, 0.3) is 5.91 Å². The van der Waals surface area contributed by atoms with Crippen LogP contribution in [0.15, 0.2) is 36.5 Å². The van der Waals surface area contributed by atoms with Crippen LogP contribution in [-0.4, -0.2) is 54.1 Å². The first-order valence-electron chi connectivity index (χ1n) is 8.89. The second-order valence-electron chi connectivity index (χ2n) is 6.07. The predicted octanol–water partition coefficient (Wildman–Crippen LogP) is 2.60. The van der Waals surface area contributed by atoms with Gasteiger partial charge in [0.05, 0.1) is 13.7 Å². The highest BCUT2D eigenvalue weighted by Crippen LogP contribution is 2.17. The molecule has 1 saturated heterocycles. The molecule has 138 valence electrons. The lowest BCUT2D eigenvalue weighted by Crippen LogP contribution is -2.36. The SMILES string of the molecule is COc1ccc(OCCNc2nccc(C(=O)N3CCCCC3)n2)cc1. The summed E-state index contributed by atoms with van der Waals surface area (Å²) in [5, 5.41) is 3.09. The molecule has 3 rings (SSSR count). The molecule has 0 unspecified atom stereocenters. The van der Waals surface area contributed by atoms with Gasteiger partial charge in [0.15, 0.2) is 0 Å². The highest BCUT2D eigenvalue weighted by atomic mass is 16.5. The lowest BCUT2D eigenvalue weighted by Gasteiger charge is -2.26. The summed E-state index contributed by atoms with van der Waals surface area (Å²) >= 11 is 0. The monoisotopic (exact) mass is 356 g/mol. The number of nitrogens with zero attached hydrogens (tertiary/aromatic N) is 3. The minimum Gasteiger partial charge on any atom is -0.497 e. The molecule has 1 aliphatic rings. The van der Waals surface area contributed by atoms with Gasteiger partial charge in [0.1, 0.15) is 23.8 Å². The zero-order valence-electron chi connectivity index (χ0n) is 15.0. The van der Waals surface area contributed by atoms with Crippen LogP contribution in [0.5, 0.6) is 11.5 Å². The first kappa shape index (κ1) is 18.0. The number of nitrogens with one attached hydrogen (secondary N) is 1. The number of anilines is 1. The Hall–Kier alpha value is -2.83. The van der Waals surface area contributed by atoms with Gasteiger partial charge >= 0.3 is 0 Å². The Bertz CT molecular complexity index is 715. The van der Waals surface area contributed by atoms with Gasteiger partial charge < -0.3 is 19.7 Å². The number of hydrogen-bond donors (Lipinski definition) is 1. The zero-order chi connectivity index (χ0) is 18.2. The Morgan fingerprint density at radius 1 is 1.12 bits per heavy atom. The van der Waals surface area contributed by atoms with Crippen LogP contribution < -0.4 is 14.8 Å². The minimum atomic E-state index is -0.0235. The van der Waals surface area contributed by atoms with Crippen molar-refractivity contribution in [1.29, 1.82) is 0 Å². The number of rotatable bonds is 7. The van der Waals surface area contributed by atoms with Gasteiger partial charge in [-0.3, -0.25) is 4.79 Å². The van der Waals surface area contributed by atoms with E-state index >= 15 is 0 Å². The molecule has 0 bridgehead atoms. The summed E-state index contributed by atoms with van der Waals surface area (Å²) in [6.07, 6.45) is 4.92. The second kappa shape index (κ2) is 9.03. The van der Waals surface area contributed by atoms with Crippen molar-refractivity contribution >= 4 is 11.9 Å². The van der Waals surface area contributed by atoms with Crippen LogP contribution in [0, 0.1) is 0 Å². The number of carbonyl (C=O) groups excluding carboxylic acids is 1. The average molecular weight is 356 g/mol. The summed E-state index contributed by atoms with van der Waals surface area (Å²) in [4.78, 5) is 22.9. The Kier molecular flexibility index (Phi) is 6.24. The molecule has 1 aliphatic heterocycles. The average Bonchev–Trinajstić information content (AvgIpc) is 2.72. The van der Waals surface area contributed by atoms with E-state index in [0.29, 0.717) is 24.8 Å². The van der Waals surface area contributed by atoms with Crippen molar-refractivity contribution in [3.63, 3.8) is 0 Å². The first-order valence-corrected chi connectivity index (χ1v) is 8.89. The van der Waals surface area contributed by atoms with Crippen LogP contribution in [0.3, 0.4) is 0 Å². The molecule has 7 nitrogen and oxygen atoms in total. The van der Waals surface area contributed by atoms with E-state index in [9.17, 15) is 4.79 Å². The van der Waals surface area contributed by atoms with Crippen LogP contribution in [0.25, 0.3) is 0 Å². The topological polar surface area (TPSA) is 76.6 Å².